The molecule has 1 aliphatic rings. The molecule has 0 spiro atoms. The Kier molecular flexibility index (Phi) is 7.24. The van der Waals surface area contributed by atoms with Crippen molar-refractivity contribution < 1.29 is 0 Å². The van der Waals surface area contributed by atoms with Crippen molar-refractivity contribution >= 4 is 65.4 Å². The molecule has 1 fully saturated rings. The Morgan fingerprint density at radius 1 is 0.386 bits per heavy atom. The largest absolute Gasteiger partial charge is 0.309 e. The fraction of sp³-hybridized carbons (Fsp3) is 0.115. The normalized spacial score (nSPS) is 13.9. The van der Waals surface area contributed by atoms with E-state index < -0.39 is 0 Å². The van der Waals surface area contributed by atoms with Crippen LogP contribution in [0.5, 0.6) is 0 Å². The highest BCUT2D eigenvalue weighted by Gasteiger charge is 2.23. The van der Waals surface area contributed by atoms with Crippen molar-refractivity contribution in [3.05, 3.63) is 175 Å². The summed E-state index contributed by atoms with van der Waals surface area (Å²) in [4.78, 5) is 11.1. The van der Waals surface area contributed by atoms with Crippen molar-refractivity contribution in [3.63, 3.8) is 0 Å². The van der Waals surface area contributed by atoms with Gasteiger partial charge in [0.15, 0.2) is 0 Å². The molecule has 0 bridgehead atoms. The number of benzene rings is 7. The standard InChI is InChI=1S/C52H39N5/c1-2-16-34(17-3-1)35-30-31-41-40-22-4-10-24-44(40)55(50(41)32-35)49-29-15-9-23-42(49)43-33-51(56-45-25-11-5-18-36(45)37-19-6-12-26-46(37)56)54-52(53-43)57-47-27-13-7-20-38(47)39-21-8-14-28-48(39)57/h4-15,18-34H,1-3,16-17H2. The molecule has 0 atom stereocenters. The lowest BCUT2D eigenvalue weighted by molar-refractivity contribution is 0.444. The molecule has 4 aromatic heterocycles. The fourth-order valence-electron chi connectivity index (χ4n) is 9.90. The van der Waals surface area contributed by atoms with Crippen molar-refractivity contribution in [2.45, 2.75) is 38.0 Å². The maximum absolute atomic E-state index is 5.56. The molecule has 0 amide bonds. The molecule has 57 heavy (non-hydrogen) atoms. The molecule has 0 N–H and O–H groups in total. The van der Waals surface area contributed by atoms with Gasteiger partial charge in [0.1, 0.15) is 5.82 Å². The van der Waals surface area contributed by atoms with Crippen LogP contribution in [0, 0.1) is 0 Å². The third kappa shape index (κ3) is 4.95. The van der Waals surface area contributed by atoms with Gasteiger partial charge >= 0.3 is 0 Å². The summed E-state index contributed by atoms with van der Waals surface area (Å²) in [5.74, 6) is 2.07. The van der Waals surface area contributed by atoms with Gasteiger partial charge in [-0.05, 0) is 66.8 Å². The minimum atomic E-state index is 0.606. The van der Waals surface area contributed by atoms with E-state index >= 15 is 0 Å². The molecule has 0 saturated heterocycles. The molecule has 5 nitrogen and oxygen atoms in total. The zero-order valence-electron chi connectivity index (χ0n) is 31.5. The van der Waals surface area contributed by atoms with Crippen LogP contribution in [0.1, 0.15) is 43.6 Å². The van der Waals surface area contributed by atoms with Crippen molar-refractivity contribution in [1.82, 2.24) is 23.7 Å². The lowest BCUT2D eigenvalue weighted by Gasteiger charge is -2.22. The van der Waals surface area contributed by atoms with Crippen LogP contribution >= 0.6 is 0 Å². The lowest BCUT2D eigenvalue weighted by Crippen LogP contribution is -2.08. The first-order chi connectivity index (χ1) is 28.3. The number of fused-ring (bicyclic) bond motifs is 9. The van der Waals surface area contributed by atoms with Crippen LogP contribution in [-0.2, 0) is 0 Å². The van der Waals surface area contributed by atoms with Gasteiger partial charge in [0.05, 0.1) is 44.5 Å². The van der Waals surface area contributed by atoms with Gasteiger partial charge in [0, 0.05) is 43.9 Å². The topological polar surface area (TPSA) is 40.6 Å². The van der Waals surface area contributed by atoms with E-state index in [0.717, 1.165) is 44.8 Å². The van der Waals surface area contributed by atoms with E-state index in [4.69, 9.17) is 9.97 Å². The molecule has 0 radical (unpaired) electrons. The van der Waals surface area contributed by atoms with Crippen LogP contribution in [0.3, 0.4) is 0 Å². The summed E-state index contributed by atoms with van der Waals surface area (Å²) in [6, 6.07) is 61.6. The van der Waals surface area contributed by atoms with Gasteiger partial charge in [-0.3, -0.25) is 9.13 Å². The first-order valence-electron chi connectivity index (χ1n) is 20.3. The van der Waals surface area contributed by atoms with Crippen molar-refractivity contribution in [2.24, 2.45) is 0 Å². The smallest absolute Gasteiger partial charge is 0.237 e. The van der Waals surface area contributed by atoms with Crippen LogP contribution in [0.4, 0.5) is 0 Å². The zero-order valence-corrected chi connectivity index (χ0v) is 31.5. The van der Waals surface area contributed by atoms with Crippen LogP contribution in [0.2, 0.25) is 0 Å². The summed E-state index contributed by atoms with van der Waals surface area (Å²) in [5, 5.41) is 7.30. The predicted molar refractivity (Wildman–Crippen MR) is 236 cm³/mol. The SMILES string of the molecule is c1ccc(-n2c3ccccc3c3ccc(C4CCCCC4)cc32)c(-c2cc(-n3c4ccccc4c4ccccc43)nc(-n3c4ccccc4c4ccccc43)n2)c1. The molecule has 7 aromatic carbocycles. The Morgan fingerprint density at radius 2 is 0.860 bits per heavy atom. The number of para-hydroxylation sites is 6. The summed E-state index contributed by atoms with van der Waals surface area (Å²) >= 11 is 0. The summed E-state index contributed by atoms with van der Waals surface area (Å²) in [7, 11) is 0. The summed E-state index contributed by atoms with van der Waals surface area (Å²) in [6.45, 7) is 0. The quantitative estimate of drug-likeness (QED) is 0.177. The van der Waals surface area contributed by atoms with Crippen molar-refractivity contribution in [1.29, 1.82) is 0 Å². The van der Waals surface area contributed by atoms with Crippen LogP contribution in [0.25, 0.3) is 94.1 Å². The second-order valence-electron chi connectivity index (χ2n) is 15.6. The number of aromatic nitrogens is 5. The summed E-state index contributed by atoms with van der Waals surface area (Å²) in [6.07, 6.45) is 6.49. The second kappa shape index (κ2) is 12.8. The number of rotatable bonds is 5. The van der Waals surface area contributed by atoms with E-state index in [1.54, 1.807) is 0 Å². The highest BCUT2D eigenvalue weighted by Crippen LogP contribution is 2.41. The molecular formula is C52H39N5. The Hall–Kier alpha value is -6.98. The second-order valence-corrected chi connectivity index (χ2v) is 15.6. The Morgan fingerprint density at radius 3 is 1.44 bits per heavy atom. The van der Waals surface area contributed by atoms with E-state index in [-0.39, 0.29) is 0 Å². The van der Waals surface area contributed by atoms with E-state index in [1.165, 1.54) is 81.0 Å². The van der Waals surface area contributed by atoms with Crippen molar-refractivity contribution in [3.8, 4) is 28.7 Å². The molecule has 1 aliphatic carbocycles. The summed E-state index contributed by atoms with van der Waals surface area (Å²) < 4.78 is 7.03. The molecule has 0 unspecified atom stereocenters. The minimum absolute atomic E-state index is 0.606. The Bertz CT molecular complexity index is 3120. The van der Waals surface area contributed by atoms with E-state index in [2.05, 4.69) is 184 Å². The molecule has 272 valence electrons. The average Bonchev–Trinajstić information content (AvgIpc) is 3.92. The molecule has 12 rings (SSSR count). The van der Waals surface area contributed by atoms with Gasteiger partial charge in [0.2, 0.25) is 5.95 Å². The molecule has 1 saturated carbocycles. The lowest BCUT2D eigenvalue weighted by atomic mass is 9.84. The number of hydrogen-bond donors (Lipinski definition) is 0. The van der Waals surface area contributed by atoms with Crippen LogP contribution in [-0.4, -0.2) is 23.7 Å². The number of nitrogens with zero attached hydrogens (tertiary/aromatic N) is 5. The van der Waals surface area contributed by atoms with E-state index in [9.17, 15) is 0 Å². The maximum atomic E-state index is 5.56. The Balaban J connectivity index is 1.17. The maximum Gasteiger partial charge on any atom is 0.237 e. The Labute approximate surface area is 330 Å². The van der Waals surface area contributed by atoms with Crippen LogP contribution < -0.4 is 0 Å². The van der Waals surface area contributed by atoms with Gasteiger partial charge in [-0.1, -0.05) is 141 Å². The van der Waals surface area contributed by atoms with E-state index in [0.29, 0.717) is 11.9 Å². The number of hydrogen-bond acceptors (Lipinski definition) is 2. The van der Waals surface area contributed by atoms with Crippen LogP contribution in [0.15, 0.2) is 170 Å². The molecular weight excluding hydrogens is 695 g/mol. The molecule has 0 aliphatic heterocycles. The third-order valence-electron chi connectivity index (χ3n) is 12.5. The third-order valence-corrected chi connectivity index (χ3v) is 12.5. The highest BCUT2D eigenvalue weighted by molar-refractivity contribution is 6.11. The highest BCUT2D eigenvalue weighted by atomic mass is 15.2. The van der Waals surface area contributed by atoms with Gasteiger partial charge < -0.3 is 4.57 Å². The first-order valence-corrected chi connectivity index (χ1v) is 20.3. The first kappa shape index (κ1) is 32.3. The van der Waals surface area contributed by atoms with Gasteiger partial charge in [-0.2, -0.15) is 4.98 Å². The predicted octanol–water partition coefficient (Wildman–Crippen LogP) is 13.5. The zero-order chi connectivity index (χ0) is 37.5. The fourth-order valence-corrected chi connectivity index (χ4v) is 9.90. The summed E-state index contributed by atoms with van der Waals surface area (Å²) in [5.41, 5.74) is 11.3. The molecule has 5 heteroatoms. The van der Waals surface area contributed by atoms with Gasteiger partial charge in [0.25, 0.3) is 0 Å². The minimum Gasteiger partial charge on any atom is -0.309 e. The van der Waals surface area contributed by atoms with Crippen molar-refractivity contribution in [2.75, 3.05) is 0 Å². The monoisotopic (exact) mass is 733 g/mol. The average molecular weight is 734 g/mol. The van der Waals surface area contributed by atoms with Gasteiger partial charge in [-0.25, -0.2) is 4.98 Å². The van der Waals surface area contributed by atoms with Gasteiger partial charge in [-0.15, -0.1) is 0 Å². The molecule has 11 aromatic rings. The van der Waals surface area contributed by atoms with E-state index in [1.807, 2.05) is 0 Å². The molecule has 4 heterocycles.